The zero-order valence-electron chi connectivity index (χ0n) is 10.9. The van der Waals surface area contributed by atoms with Crippen molar-refractivity contribution in [2.45, 2.75) is 59.3 Å². The molecule has 88 valence electrons. The first kappa shape index (κ1) is 14.4. The molecule has 0 aromatic heterocycles. The second kappa shape index (κ2) is 8.72. The molecule has 0 fully saturated rings. The van der Waals surface area contributed by atoms with Crippen LogP contribution in [0.25, 0.3) is 0 Å². The molecule has 0 saturated heterocycles. The summed E-state index contributed by atoms with van der Waals surface area (Å²) in [6, 6.07) is 0. The van der Waals surface area contributed by atoms with E-state index in [1.54, 1.807) is 6.16 Å². The van der Waals surface area contributed by atoms with Crippen LogP contribution in [0.2, 0.25) is 0 Å². The van der Waals surface area contributed by atoms with E-state index in [4.69, 9.17) is 0 Å². The molecule has 1 heteroatoms. The van der Waals surface area contributed by atoms with Crippen LogP contribution in [-0.4, -0.2) is 25.2 Å². The maximum absolute atomic E-state index is 2.58. The molecule has 0 rings (SSSR count). The molecule has 0 atom stereocenters. The second-order valence-corrected chi connectivity index (χ2v) is 10.6. The topological polar surface area (TPSA) is 0 Å². The van der Waals surface area contributed by atoms with Crippen LogP contribution < -0.4 is 0 Å². The molecule has 0 nitrogen and oxygen atoms in total. The van der Waals surface area contributed by atoms with Gasteiger partial charge in [0.25, 0.3) is 0 Å². The summed E-state index contributed by atoms with van der Waals surface area (Å²) >= 11 is 0. The Morgan fingerprint density at radius 2 is 1.21 bits per heavy atom. The Kier molecular flexibility index (Phi) is 8.98. The maximum atomic E-state index is 2.58. The van der Waals surface area contributed by atoms with Crippen LogP contribution in [0.3, 0.4) is 0 Å². The van der Waals surface area contributed by atoms with Gasteiger partial charge in [0.15, 0.2) is 0 Å². The molecular formula is C13H31P. The van der Waals surface area contributed by atoms with E-state index in [2.05, 4.69) is 27.4 Å². The first-order valence-corrected chi connectivity index (χ1v) is 9.80. The summed E-state index contributed by atoms with van der Waals surface area (Å²) in [4.78, 5) is 0. The summed E-state index contributed by atoms with van der Waals surface area (Å²) in [5.41, 5.74) is 0. The van der Waals surface area contributed by atoms with Gasteiger partial charge in [-0.15, -0.1) is 0 Å². The first-order valence-electron chi connectivity index (χ1n) is 6.68. The van der Waals surface area contributed by atoms with Gasteiger partial charge in [0.05, 0.1) is 0 Å². The summed E-state index contributed by atoms with van der Waals surface area (Å²) in [6.07, 6.45) is 13.3. The predicted molar refractivity (Wildman–Crippen MR) is 73.6 cm³/mol. The summed E-state index contributed by atoms with van der Waals surface area (Å²) < 4.78 is 0. The molecule has 0 aliphatic carbocycles. The van der Waals surface area contributed by atoms with Gasteiger partial charge in [0.1, 0.15) is 0 Å². The summed E-state index contributed by atoms with van der Waals surface area (Å²) in [5.74, 6) is 0. The Hall–Kier alpha value is 0.430. The SMILES string of the molecule is CCCCCCCC[PH](C)(CC)CC. The second-order valence-electron chi connectivity index (χ2n) is 5.04. The number of hydrogen-bond donors (Lipinski definition) is 0. The van der Waals surface area contributed by atoms with Crippen molar-refractivity contribution in [1.29, 1.82) is 0 Å². The van der Waals surface area contributed by atoms with Gasteiger partial charge in [-0.25, -0.2) is 0 Å². The Morgan fingerprint density at radius 3 is 1.71 bits per heavy atom. The monoisotopic (exact) mass is 218 g/mol. The average molecular weight is 218 g/mol. The molecule has 0 saturated carbocycles. The zero-order valence-corrected chi connectivity index (χ0v) is 11.9. The van der Waals surface area contributed by atoms with Gasteiger partial charge in [-0.3, -0.25) is 0 Å². The number of unbranched alkanes of at least 4 members (excludes halogenated alkanes) is 5. The van der Waals surface area contributed by atoms with Crippen LogP contribution in [0, 0.1) is 0 Å². The van der Waals surface area contributed by atoms with Gasteiger partial charge < -0.3 is 0 Å². The van der Waals surface area contributed by atoms with Crippen molar-refractivity contribution in [3.05, 3.63) is 0 Å². The first-order chi connectivity index (χ1) is 6.68. The van der Waals surface area contributed by atoms with Crippen LogP contribution in [0.1, 0.15) is 59.3 Å². The van der Waals surface area contributed by atoms with E-state index < -0.39 is 7.26 Å². The Bertz CT molecular complexity index is 116. The fourth-order valence-corrected chi connectivity index (χ4v) is 4.25. The average Bonchev–Trinajstić information content (AvgIpc) is 2.23. The molecule has 0 unspecified atom stereocenters. The quantitative estimate of drug-likeness (QED) is 0.386. The number of hydrogen-bond acceptors (Lipinski definition) is 0. The van der Waals surface area contributed by atoms with Crippen molar-refractivity contribution < 1.29 is 0 Å². The molecule has 0 aromatic rings. The van der Waals surface area contributed by atoms with Crippen LogP contribution in [0.15, 0.2) is 0 Å². The minimum atomic E-state index is -0.766. The molecule has 0 aromatic carbocycles. The molecule has 0 aliphatic heterocycles. The van der Waals surface area contributed by atoms with Gasteiger partial charge in [0, 0.05) is 0 Å². The molecular weight excluding hydrogens is 187 g/mol. The molecule has 14 heavy (non-hydrogen) atoms. The molecule has 0 bridgehead atoms. The van der Waals surface area contributed by atoms with Gasteiger partial charge in [-0.05, 0) is 0 Å². The molecule has 0 spiro atoms. The van der Waals surface area contributed by atoms with Gasteiger partial charge >= 0.3 is 91.7 Å². The van der Waals surface area contributed by atoms with Crippen LogP contribution in [0.5, 0.6) is 0 Å². The van der Waals surface area contributed by atoms with Crippen molar-refractivity contribution >= 4 is 7.26 Å². The van der Waals surface area contributed by atoms with E-state index in [1.807, 2.05) is 0 Å². The number of rotatable bonds is 9. The van der Waals surface area contributed by atoms with Gasteiger partial charge in [0.2, 0.25) is 0 Å². The molecule has 0 heterocycles. The summed E-state index contributed by atoms with van der Waals surface area (Å²) in [6.45, 7) is 9.66. The van der Waals surface area contributed by atoms with E-state index in [-0.39, 0.29) is 0 Å². The molecule has 0 radical (unpaired) electrons. The van der Waals surface area contributed by atoms with Crippen LogP contribution >= 0.6 is 7.26 Å². The van der Waals surface area contributed by atoms with Crippen molar-refractivity contribution in [1.82, 2.24) is 0 Å². The van der Waals surface area contributed by atoms with E-state index in [0.717, 1.165) is 0 Å². The fourth-order valence-electron chi connectivity index (χ4n) is 1.94. The molecule has 0 N–H and O–H groups in total. The van der Waals surface area contributed by atoms with E-state index in [1.165, 1.54) is 50.8 Å². The third-order valence-corrected chi connectivity index (χ3v) is 8.82. The third kappa shape index (κ3) is 6.82. The van der Waals surface area contributed by atoms with Crippen molar-refractivity contribution in [2.24, 2.45) is 0 Å². The Labute approximate surface area is 92.2 Å². The normalized spacial score (nSPS) is 13.1. The van der Waals surface area contributed by atoms with Crippen LogP contribution in [0.4, 0.5) is 0 Å². The van der Waals surface area contributed by atoms with Crippen molar-refractivity contribution in [3.8, 4) is 0 Å². The Morgan fingerprint density at radius 1 is 0.714 bits per heavy atom. The molecule has 0 amide bonds. The Balaban J connectivity index is 3.34. The fraction of sp³-hybridized carbons (Fsp3) is 1.00. The zero-order chi connectivity index (χ0) is 10.9. The summed E-state index contributed by atoms with van der Waals surface area (Å²) in [5, 5.41) is 0. The summed E-state index contributed by atoms with van der Waals surface area (Å²) in [7, 11) is -0.766. The standard InChI is InChI=1S/C13H31P/c1-5-8-9-10-11-12-13-14(4,6-2)7-3/h14H,5-13H2,1-4H3. The predicted octanol–water partition coefficient (Wildman–Crippen LogP) is 4.77. The third-order valence-electron chi connectivity index (χ3n) is 3.84. The van der Waals surface area contributed by atoms with Crippen molar-refractivity contribution in [2.75, 3.05) is 25.2 Å². The van der Waals surface area contributed by atoms with E-state index in [0.29, 0.717) is 0 Å². The van der Waals surface area contributed by atoms with E-state index in [9.17, 15) is 0 Å². The van der Waals surface area contributed by atoms with Gasteiger partial charge in [-0.2, -0.15) is 0 Å². The minimum absolute atomic E-state index is 0.766. The molecule has 0 aliphatic rings. The van der Waals surface area contributed by atoms with Crippen molar-refractivity contribution in [3.63, 3.8) is 0 Å². The van der Waals surface area contributed by atoms with Crippen LogP contribution in [-0.2, 0) is 0 Å². The van der Waals surface area contributed by atoms with E-state index >= 15 is 0 Å². The van der Waals surface area contributed by atoms with Gasteiger partial charge in [-0.1, -0.05) is 0 Å².